The van der Waals surface area contributed by atoms with Gasteiger partial charge >= 0.3 is 41.6 Å². The fraction of sp³-hybridized carbons (Fsp3) is 1.00. The lowest BCUT2D eigenvalue weighted by Gasteiger charge is -2.42. The van der Waals surface area contributed by atoms with Gasteiger partial charge in [-0.25, -0.2) is 4.39 Å². The summed E-state index contributed by atoms with van der Waals surface area (Å²) in [4.78, 5) is 0. The summed E-state index contributed by atoms with van der Waals surface area (Å²) in [5.41, 5.74) is 0. The Morgan fingerprint density at radius 2 is 0.966 bits per heavy atom. The molecule has 0 aromatic heterocycles. The van der Waals surface area contributed by atoms with Gasteiger partial charge in [-0.15, -0.1) is 0 Å². The molecular weight excluding hydrogens is 461 g/mol. The third-order valence-electron chi connectivity index (χ3n) is 3.43. The molecule has 29 heavy (non-hydrogen) atoms. The van der Waals surface area contributed by atoms with E-state index in [9.17, 15) is 65.9 Å². The lowest BCUT2D eigenvalue weighted by Crippen LogP contribution is -2.74. The fourth-order valence-corrected chi connectivity index (χ4v) is 1.72. The second-order valence-electron chi connectivity index (χ2n) is 5.60. The van der Waals surface area contributed by atoms with Gasteiger partial charge in [-0.2, -0.15) is 61.5 Å². The number of hydrogen-bond donors (Lipinski definition) is 1. The number of aliphatic hydroxyl groups excluding tert-OH is 1. The molecule has 0 aromatic carbocycles. The number of rotatable bonds is 10. The zero-order valence-corrected chi connectivity index (χ0v) is 13.9. The predicted molar refractivity (Wildman–Crippen MR) is 62.6 cm³/mol. The molecule has 0 amide bonds. The van der Waals surface area contributed by atoms with E-state index in [0.29, 0.717) is 6.92 Å². The SMILES string of the molecule is CCC(F)C(F)(F)C(F)(F)C(F)(F)C(F)(F)C(F)(F)C(F)(F)C(F)(F)OC(C)O. The van der Waals surface area contributed by atoms with Gasteiger partial charge in [-0.3, -0.25) is 4.74 Å². The van der Waals surface area contributed by atoms with Crippen molar-refractivity contribution in [1.29, 1.82) is 0 Å². The maximum Gasteiger partial charge on any atom is 0.428 e. The first-order valence-electron chi connectivity index (χ1n) is 7.04. The Labute approximate surface area is 151 Å². The molecule has 17 heteroatoms. The van der Waals surface area contributed by atoms with Crippen molar-refractivity contribution in [3.8, 4) is 0 Å². The lowest BCUT2D eigenvalue weighted by molar-refractivity contribution is -0.476. The molecule has 2 nitrogen and oxygen atoms in total. The molecule has 176 valence electrons. The van der Waals surface area contributed by atoms with E-state index in [4.69, 9.17) is 5.11 Å². The molecule has 0 saturated carbocycles. The molecule has 0 aliphatic heterocycles. The quantitative estimate of drug-likeness (QED) is 0.337. The predicted octanol–water partition coefficient (Wildman–Crippen LogP) is 5.49. The third-order valence-corrected chi connectivity index (χ3v) is 3.43. The van der Waals surface area contributed by atoms with Gasteiger partial charge in [0.2, 0.25) is 0 Å². The highest BCUT2D eigenvalue weighted by molar-refractivity contribution is 5.14. The Morgan fingerprint density at radius 1 is 0.655 bits per heavy atom. The second-order valence-corrected chi connectivity index (χ2v) is 5.60. The molecule has 0 radical (unpaired) electrons. The molecule has 0 aliphatic carbocycles. The molecule has 2 atom stereocenters. The van der Waals surface area contributed by atoms with Crippen LogP contribution in [0, 0.1) is 0 Å². The molecular formula is C12H11F15O2. The van der Waals surface area contributed by atoms with E-state index < -0.39 is 60.5 Å². The average molecular weight is 472 g/mol. The molecule has 2 unspecified atom stereocenters. The Hall–Kier alpha value is -1.13. The highest BCUT2D eigenvalue weighted by Gasteiger charge is 2.93. The van der Waals surface area contributed by atoms with E-state index in [2.05, 4.69) is 4.74 Å². The Morgan fingerprint density at radius 3 is 1.28 bits per heavy atom. The van der Waals surface area contributed by atoms with Crippen molar-refractivity contribution in [2.75, 3.05) is 0 Å². The van der Waals surface area contributed by atoms with Crippen LogP contribution in [0.5, 0.6) is 0 Å². The highest BCUT2D eigenvalue weighted by Crippen LogP contribution is 2.62. The van der Waals surface area contributed by atoms with E-state index >= 15 is 0 Å². The maximum absolute atomic E-state index is 13.4. The minimum atomic E-state index is -8.31. The summed E-state index contributed by atoms with van der Waals surface area (Å²) in [7, 11) is 0. The number of alkyl halides is 15. The molecule has 0 heterocycles. The molecule has 1 N–H and O–H groups in total. The van der Waals surface area contributed by atoms with Gasteiger partial charge in [0.1, 0.15) is 0 Å². The zero-order valence-electron chi connectivity index (χ0n) is 13.9. The molecule has 0 bridgehead atoms. The van der Waals surface area contributed by atoms with Crippen molar-refractivity contribution in [3.63, 3.8) is 0 Å². The molecule has 0 saturated heterocycles. The van der Waals surface area contributed by atoms with E-state index in [0.717, 1.165) is 0 Å². The Balaban J connectivity index is 6.57. The summed E-state index contributed by atoms with van der Waals surface area (Å²) in [5, 5.41) is 8.33. The largest absolute Gasteiger partial charge is 0.428 e. The van der Waals surface area contributed by atoms with Crippen LogP contribution in [0.2, 0.25) is 0 Å². The highest BCUT2D eigenvalue weighted by atomic mass is 19.4. The minimum absolute atomic E-state index is 0.0513. The summed E-state index contributed by atoms with van der Waals surface area (Å²) >= 11 is 0. The van der Waals surface area contributed by atoms with Crippen molar-refractivity contribution < 1.29 is 75.7 Å². The van der Waals surface area contributed by atoms with Crippen LogP contribution in [0.4, 0.5) is 65.9 Å². The van der Waals surface area contributed by atoms with E-state index in [1.807, 2.05) is 0 Å². The lowest BCUT2D eigenvalue weighted by atomic mass is 9.89. The topological polar surface area (TPSA) is 29.5 Å². The number of hydrogen-bond acceptors (Lipinski definition) is 2. The van der Waals surface area contributed by atoms with Crippen molar-refractivity contribution in [2.45, 2.75) is 74.4 Å². The van der Waals surface area contributed by atoms with Crippen molar-refractivity contribution >= 4 is 0 Å². The smallest absolute Gasteiger partial charge is 0.368 e. The summed E-state index contributed by atoms with van der Waals surface area (Å²) in [5.74, 6) is -47.0. The van der Waals surface area contributed by atoms with Gasteiger partial charge in [0.05, 0.1) is 0 Å². The molecule has 0 spiro atoms. The van der Waals surface area contributed by atoms with Crippen LogP contribution in [0.15, 0.2) is 0 Å². The first-order valence-corrected chi connectivity index (χ1v) is 7.04. The molecule has 0 aliphatic rings. The third kappa shape index (κ3) is 3.83. The molecule has 0 fully saturated rings. The standard InChI is InChI=1S/C12H11F15O2/c1-3-5(13)6(14,15)7(16,17)8(18,19)9(20,21)10(22,23)11(24,25)12(26,27)29-4(2)28/h4-5,28H,3H2,1-2H3. The van der Waals surface area contributed by atoms with Crippen LogP contribution in [0.25, 0.3) is 0 Å². The van der Waals surface area contributed by atoms with Gasteiger partial charge in [-0.1, -0.05) is 6.92 Å². The van der Waals surface area contributed by atoms with Crippen LogP contribution >= 0.6 is 0 Å². The Kier molecular flexibility index (Phi) is 7.24. The van der Waals surface area contributed by atoms with E-state index in [1.54, 1.807) is 0 Å². The van der Waals surface area contributed by atoms with Crippen LogP contribution in [-0.4, -0.2) is 59.2 Å². The summed E-state index contributed by atoms with van der Waals surface area (Å²) in [6.07, 6.45) is -16.1. The molecule has 0 rings (SSSR count). The van der Waals surface area contributed by atoms with Gasteiger partial charge < -0.3 is 5.11 Å². The Bertz CT molecular complexity index is 572. The van der Waals surface area contributed by atoms with Crippen LogP contribution in [0.1, 0.15) is 20.3 Å². The van der Waals surface area contributed by atoms with Gasteiger partial charge in [0.15, 0.2) is 12.5 Å². The van der Waals surface area contributed by atoms with Crippen LogP contribution in [-0.2, 0) is 4.74 Å². The normalized spacial score (nSPS) is 18.0. The minimum Gasteiger partial charge on any atom is -0.368 e. The summed E-state index contributed by atoms with van der Waals surface area (Å²) in [6, 6.07) is 0. The van der Waals surface area contributed by atoms with E-state index in [1.165, 1.54) is 0 Å². The van der Waals surface area contributed by atoms with Gasteiger partial charge in [-0.05, 0) is 13.3 Å². The number of ether oxygens (including phenoxy) is 1. The maximum atomic E-state index is 13.4. The molecule has 0 aromatic rings. The summed E-state index contributed by atoms with van der Waals surface area (Å²) in [6.45, 7) is 0.372. The van der Waals surface area contributed by atoms with E-state index in [-0.39, 0.29) is 6.92 Å². The fourth-order valence-electron chi connectivity index (χ4n) is 1.72. The van der Waals surface area contributed by atoms with Crippen LogP contribution in [0.3, 0.4) is 0 Å². The van der Waals surface area contributed by atoms with Crippen molar-refractivity contribution in [3.05, 3.63) is 0 Å². The number of aliphatic hydroxyl groups is 1. The monoisotopic (exact) mass is 472 g/mol. The first kappa shape index (κ1) is 27.9. The van der Waals surface area contributed by atoms with Crippen molar-refractivity contribution in [2.24, 2.45) is 0 Å². The summed E-state index contributed by atoms with van der Waals surface area (Å²) < 4.78 is 201. The van der Waals surface area contributed by atoms with Gasteiger partial charge in [0.25, 0.3) is 0 Å². The number of halogens is 15. The zero-order chi connectivity index (χ0) is 24.1. The van der Waals surface area contributed by atoms with Crippen molar-refractivity contribution in [1.82, 2.24) is 0 Å². The van der Waals surface area contributed by atoms with Crippen LogP contribution < -0.4 is 0 Å². The first-order chi connectivity index (χ1) is 12.4. The second kappa shape index (κ2) is 7.53. The van der Waals surface area contributed by atoms with Gasteiger partial charge in [0, 0.05) is 0 Å². The average Bonchev–Trinajstić information content (AvgIpc) is 2.51.